The number of carbonyl (C=O) groups is 1. The van der Waals surface area contributed by atoms with Crippen LogP contribution >= 0.6 is 0 Å². The second kappa shape index (κ2) is 13.1. The number of hydrogen-bond acceptors (Lipinski definition) is 3. The average Bonchev–Trinajstić information content (AvgIpc) is 2.87. The minimum atomic E-state index is -4.36. The lowest BCUT2D eigenvalue weighted by Gasteiger charge is -2.36. The summed E-state index contributed by atoms with van der Waals surface area (Å²) >= 11 is 0. The quantitative estimate of drug-likeness (QED) is 0.369. The van der Waals surface area contributed by atoms with Crippen LogP contribution in [-0.2, 0) is 15.9 Å². The van der Waals surface area contributed by atoms with E-state index in [0.29, 0.717) is 42.3 Å². The Balaban J connectivity index is 0.000000678. The summed E-state index contributed by atoms with van der Waals surface area (Å²) in [7, 11) is -1.12. The van der Waals surface area contributed by atoms with Crippen LogP contribution in [0.25, 0.3) is 0 Å². The fraction of sp³-hybridized carbons (Fsp3) is 0.481. The Morgan fingerprint density at radius 3 is 2.03 bits per heavy atom. The molecule has 9 heteroatoms. The molecule has 1 saturated heterocycles. The van der Waals surface area contributed by atoms with Crippen molar-refractivity contribution in [1.29, 1.82) is 0 Å². The standard InChI is InChI=1S/C21H24F3N3O2S.C6H14/c1-15-4-9-18(30(3,29)25-2)14-19(15)20(28)27-12-10-26(11-13-27)17-7-5-16(6-8-17)21(22,23)24;1-3-5-6-4-2/h4-9,14H,3,10-13H2,1-2H3,(H,25,29);3-6H2,1-2H3. The topological polar surface area (TPSA) is 52.7 Å². The monoisotopic (exact) mass is 525 g/mol. The van der Waals surface area contributed by atoms with E-state index in [2.05, 4.69) is 24.4 Å². The van der Waals surface area contributed by atoms with E-state index >= 15 is 0 Å². The van der Waals surface area contributed by atoms with Crippen LogP contribution in [0.3, 0.4) is 0 Å². The molecule has 2 aromatic carbocycles. The molecule has 0 aromatic heterocycles. The highest BCUT2D eigenvalue weighted by Gasteiger charge is 2.30. The highest BCUT2D eigenvalue weighted by Crippen LogP contribution is 2.30. The fourth-order valence-electron chi connectivity index (χ4n) is 3.85. The molecular weight excluding hydrogens is 487 g/mol. The molecule has 0 radical (unpaired) electrons. The molecule has 0 saturated carbocycles. The summed E-state index contributed by atoms with van der Waals surface area (Å²) in [5.41, 5.74) is 1.26. The van der Waals surface area contributed by atoms with E-state index in [1.54, 1.807) is 30.1 Å². The van der Waals surface area contributed by atoms with Crippen LogP contribution in [0, 0.1) is 6.92 Å². The Labute approximate surface area is 213 Å². The maximum Gasteiger partial charge on any atom is 0.416 e. The van der Waals surface area contributed by atoms with Crippen molar-refractivity contribution in [2.24, 2.45) is 0 Å². The Hall–Kier alpha value is -2.52. The first-order valence-electron chi connectivity index (χ1n) is 12.3. The van der Waals surface area contributed by atoms with Gasteiger partial charge in [-0.25, -0.2) is 8.93 Å². The van der Waals surface area contributed by atoms with Crippen molar-refractivity contribution in [1.82, 2.24) is 9.62 Å². The van der Waals surface area contributed by atoms with Gasteiger partial charge in [0.25, 0.3) is 5.91 Å². The van der Waals surface area contributed by atoms with E-state index < -0.39 is 21.4 Å². The van der Waals surface area contributed by atoms with E-state index in [9.17, 15) is 22.2 Å². The smallest absolute Gasteiger partial charge is 0.368 e. The molecular formula is C27H38F3N3O2S. The van der Waals surface area contributed by atoms with Crippen LogP contribution < -0.4 is 9.62 Å². The van der Waals surface area contributed by atoms with Gasteiger partial charge in [-0.05, 0) is 61.8 Å². The SMILES string of the molecule is C=S(=O)(NC)c1ccc(C)c(C(=O)N2CCN(c3ccc(C(F)(F)F)cc3)CC2)c1.CCCCCC. The third-order valence-electron chi connectivity index (χ3n) is 6.23. The molecule has 1 aliphatic heterocycles. The fourth-order valence-corrected chi connectivity index (χ4v) is 4.69. The highest BCUT2D eigenvalue weighted by atomic mass is 32.2. The van der Waals surface area contributed by atoms with Crippen molar-refractivity contribution in [3.63, 3.8) is 0 Å². The van der Waals surface area contributed by atoms with Gasteiger partial charge < -0.3 is 9.80 Å². The van der Waals surface area contributed by atoms with Crippen molar-refractivity contribution in [3.05, 3.63) is 59.2 Å². The predicted octanol–water partition coefficient (Wildman–Crippen LogP) is 5.77. The number of amides is 1. The molecule has 0 aliphatic carbocycles. The van der Waals surface area contributed by atoms with Crippen LogP contribution in [0.4, 0.5) is 18.9 Å². The number of nitrogens with one attached hydrogen (secondary N) is 1. The summed E-state index contributed by atoms with van der Waals surface area (Å²) in [5.74, 6) is 3.52. The lowest BCUT2D eigenvalue weighted by Crippen LogP contribution is -2.49. The summed E-state index contributed by atoms with van der Waals surface area (Å²) in [5, 5.41) is 0. The number of nitrogens with zero attached hydrogens (tertiary/aromatic N) is 2. The van der Waals surface area contributed by atoms with E-state index in [1.807, 2.05) is 11.8 Å². The van der Waals surface area contributed by atoms with Gasteiger partial charge in [0.1, 0.15) is 0 Å². The van der Waals surface area contributed by atoms with Gasteiger partial charge in [0.05, 0.1) is 15.3 Å². The van der Waals surface area contributed by atoms with Gasteiger partial charge in [0.2, 0.25) is 0 Å². The van der Waals surface area contributed by atoms with E-state index in [0.717, 1.165) is 17.7 Å². The summed E-state index contributed by atoms with van der Waals surface area (Å²) in [4.78, 5) is 17.2. The molecule has 200 valence electrons. The Morgan fingerprint density at radius 2 is 1.56 bits per heavy atom. The second-order valence-electron chi connectivity index (χ2n) is 8.89. The van der Waals surface area contributed by atoms with E-state index in [1.165, 1.54) is 37.8 Å². The molecule has 36 heavy (non-hydrogen) atoms. The highest BCUT2D eigenvalue weighted by molar-refractivity contribution is 7.98. The van der Waals surface area contributed by atoms with Crippen molar-refractivity contribution in [3.8, 4) is 0 Å². The van der Waals surface area contributed by atoms with Gasteiger partial charge in [0.15, 0.2) is 0 Å². The third-order valence-corrected chi connectivity index (χ3v) is 7.91. The van der Waals surface area contributed by atoms with Crippen LogP contribution in [0.15, 0.2) is 47.4 Å². The third kappa shape index (κ3) is 8.00. The van der Waals surface area contributed by atoms with Crippen LogP contribution in [-0.4, -0.2) is 54.1 Å². The zero-order valence-corrected chi connectivity index (χ0v) is 22.5. The summed E-state index contributed by atoms with van der Waals surface area (Å²) < 4.78 is 53.4. The van der Waals surface area contributed by atoms with Gasteiger partial charge in [-0.15, -0.1) is 0 Å². The molecule has 1 atom stereocenters. The lowest BCUT2D eigenvalue weighted by atomic mass is 10.1. The first kappa shape index (κ1) is 29.7. The van der Waals surface area contributed by atoms with Crippen molar-refractivity contribution >= 4 is 27.2 Å². The van der Waals surface area contributed by atoms with Gasteiger partial charge in [-0.1, -0.05) is 45.6 Å². The minimum absolute atomic E-state index is 0.160. The molecule has 1 amide bonds. The number of alkyl halides is 3. The minimum Gasteiger partial charge on any atom is -0.368 e. The number of piperazine rings is 1. The largest absolute Gasteiger partial charge is 0.416 e. The zero-order chi connectivity index (χ0) is 26.9. The van der Waals surface area contributed by atoms with Gasteiger partial charge >= 0.3 is 6.18 Å². The van der Waals surface area contributed by atoms with Crippen molar-refractivity contribution < 1.29 is 22.2 Å². The Morgan fingerprint density at radius 1 is 1.00 bits per heavy atom. The van der Waals surface area contributed by atoms with Gasteiger partial charge in [0, 0.05) is 42.3 Å². The number of anilines is 1. The first-order valence-corrected chi connectivity index (χ1v) is 14.0. The normalized spacial score (nSPS) is 15.6. The number of hydrogen-bond donors (Lipinski definition) is 1. The number of halogens is 3. The molecule has 1 aliphatic rings. The van der Waals surface area contributed by atoms with Crippen molar-refractivity contribution in [2.45, 2.75) is 57.5 Å². The number of aryl methyl sites for hydroxylation is 1. The zero-order valence-electron chi connectivity index (χ0n) is 21.7. The lowest BCUT2D eigenvalue weighted by molar-refractivity contribution is -0.137. The predicted molar refractivity (Wildman–Crippen MR) is 143 cm³/mol. The summed E-state index contributed by atoms with van der Waals surface area (Å²) in [6.07, 6.45) is 1.18. The maximum atomic E-state index is 13.0. The molecule has 1 unspecified atom stereocenters. The number of rotatable bonds is 7. The number of benzene rings is 2. The van der Waals surface area contributed by atoms with Crippen LogP contribution in [0.1, 0.15) is 61.0 Å². The maximum absolute atomic E-state index is 13.0. The Bertz CT molecular complexity index is 1090. The number of carbonyl (C=O) groups excluding carboxylic acids is 1. The molecule has 1 fully saturated rings. The second-order valence-corrected chi connectivity index (χ2v) is 11.1. The van der Waals surface area contributed by atoms with Crippen LogP contribution in [0.2, 0.25) is 0 Å². The van der Waals surface area contributed by atoms with E-state index in [-0.39, 0.29) is 5.91 Å². The molecule has 0 bridgehead atoms. The molecule has 3 rings (SSSR count). The summed E-state index contributed by atoms with van der Waals surface area (Å²) in [6.45, 7) is 8.19. The molecule has 5 nitrogen and oxygen atoms in total. The molecule has 1 N–H and O–H groups in total. The summed E-state index contributed by atoms with van der Waals surface area (Å²) in [6, 6.07) is 10.1. The first-order chi connectivity index (χ1) is 16.9. The molecule has 1 heterocycles. The number of unbranched alkanes of at least 4 members (excludes halogenated alkanes) is 3. The Kier molecular flexibility index (Phi) is 10.8. The molecule has 2 aromatic rings. The average molecular weight is 526 g/mol. The molecule has 0 spiro atoms. The van der Waals surface area contributed by atoms with Gasteiger partial charge in [-0.2, -0.15) is 13.2 Å². The van der Waals surface area contributed by atoms with E-state index in [4.69, 9.17) is 0 Å². The van der Waals surface area contributed by atoms with Crippen molar-refractivity contribution in [2.75, 3.05) is 38.1 Å². The van der Waals surface area contributed by atoms with Gasteiger partial charge in [-0.3, -0.25) is 4.79 Å². The van der Waals surface area contributed by atoms with Crippen LogP contribution in [0.5, 0.6) is 0 Å².